The molecule has 2 amide bonds. The predicted octanol–water partition coefficient (Wildman–Crippen LogP) is 2.77. The van der Waals surface area contributed by atoms with E-state index in [1.165, 1.54) is 12.4 Å². The maximum atomic E-state index is 12.4. The zero-order valence-corrected chi connectivity index (χ0v) is 16.6. The number of carbonyl (C=O) groups is 2. The van der Waals surface area contributed by atoms with Gasteiger partial charge >= 0.3 is 0 Å². The van der Waals surface area contributed by atoms with Gasteiger partial charge in [-0.15, -0.1) is 0 Å². The van der Waals surface area contributed by atoms with Crippen molar-refractivity contribution in [3.63, 3.8) is 0 Å². The molecule has 0 aliphatic heterocycles. The molecular formula is C21H27N3O4. The lowest BCUT2D eigenvalue weighted by atomic mass is 10.1. The molecule has 0 unspecified atom stereocenters. The van der Waals surface area contributed by atoms with Crippen molar-refractivity contribution in [2.75, 3.05) is 33.9 Å². The highest BCUT2D eigenvalue weighted by Gasteiger charge is 2.14. The number of ether oxygens (including phenoxy) is 2. The van der Waals surface area contributed by atoms with Crippen molar-refractivity contribution in [1.82, 2.24) is 15.2 Å². The highest BCUT2D eigenvalue weighted by molar-refractivity contribution is 5.99. The molecule has 2 aromatic rings. The fourth-order valence-corrected chi connectivity index (χ4v) is 2.51. The zero-order chi connectivity index (χ0) is 20.4. The highest BCUT2D eigenvalue weighted by atomic mass is 16.5. The smallest absolute Gasteiger partial charge is 0.255 e. The Morgan fingerprint density at radius 2 is 1.79 bits per heavy atom. The first-order chi connectivity index (χ1) is 13.5. The van der Waals surface area contributed by atoms with E-state index in [1.807, 2.05) is 0 Å². The number of amides is 2. The van der Waals surface area contributed by atoms with E-state index in [-0.39, 0.29) is 11.8 Å². The van der Waals surface area contributed by atoms with Gasteiger partial charge in [0.25, 0.3) is 11.8 Å². The summed E-state index contributed by atoms with van der Waals surface area (Å²) >= 11 is 0. The average Bonchev–Trinajstić information content (AvgIpc) is 2.74. The van der Waals surface area contributed by atoms with Crippen LogP contribution in [0.15, 0.2) is 42.7 Å². The van der Waals surface area contributed by atoms with Crippen molar-refractivity contribution in [2.45, 2.75) is 19.8 Å². The van der Waals surface area contributed by atoms with Crippen molar-refractivity contribution in [3.05, 3.63) is 53.9 Å². The second kappa shape index (κ2) is 10.9. The second-order valence-electron chi connectivity index (χ2n) is 6.32. The van der Waals surface area contributed by atoms with Crippen molar-refractivity contribution in [3.8, 4) is 11.5 Å². The molecule has 150 valence electrons. The largest absolute Gasteiger partial charge is 0.497 e. The molecule has 0 radical (unpaired) electrons. The van der Waals surface area contributed by atoms with Crippen molar-refractivity contribution >= 4 is 11.8 Å². The minimum absolute atomic E-state index is 0.140. The number of hydrogen-bond donors (Lipinski definition) is 1. The number of aromatic nitrogens is 1. The molecule has 2 rings (SSSR count). The molecule has 0 fully saturated rings. The van der Waals surface area contributed by atoms with Gasteiger partial charge in [0.05, 0.1) is 24.8 Å². The third-order valence-electron chi connectivity index (χ3n) is 4.16. The quantitative estimate of drug-likeness (QED) is 0.636. The molecule has 1 heterocycles. The van der Waals surface area contributed by atoms with Crippen LogP contribution in [0.1, 0.15) is 40.5 Å². The Hall–Kier alpha value is -3.09. The number of nitrogens with zero attached hydrogens (tertiary/aromatic N) is 2. The minimum Gasteiger partial charge on any atom is -0.497 e. The molecule has 7 heteroatoms. The summed E-state index contributed by atoms with van der Waals surface area (Å²) in [7, 11) is 3.35. The first-order valence-corrected chi connectivity index (χ1v) is 9.30. The first-order valence-electron chi connectivity index (χ1n) is 9.30. The summed E-state index contributed by atoms with van der Waals surface area (Å²) in [5, 5.41) is 2.77. The van der Waals surface area contributed by atoms with Crippen molar-refractivity contribution in [2.24, 2.45) is 0 Å². The van der Waals surface area contributed by atoms with Gasteiger partial charge in [0.15, 0.2) is 0 Å². The van der Waals surface area contributed by atoms with Crippen LogP contribution in [0.25, 0.3) is 0 Å². The highest BCUT2D eigenvalue weighted by Crippen LogP contribution is 2.16. The van der Waals surface area contributed by atoms with Gasteiger partial charge in [0.2, 0.25) is 0 Å². The Labute approximate surface area is 165 Å². The summed E-state index contributed by atoms with van der Waals surface area (Å²) in [5.74, 6) is 1.01. The van der Waals surface area contributed by atoms with Crippen LogP contribution < -0.4 is 14.8 Å². The van der Waals surface area contributed by atoms with Crippen LogP contribution in [0.5, 0.6) is 11.5 Å². The van der Waals surface area contributed by atoms with E-state index in [2.05, 4.69) is 17.2 Å². The van der Waals surface area contributed by atoms with Crippen molar-refractivity contribution < 1.29 is 19.1 Å². The number of methoxy groups -OCH3 is 1. The molecule has 28 heavy (non-hydrogen) atoms. The fourth-order valence-electron chi connectivity index (χ4n) is 2.51. The molecule has 0 saturated carbocycles. The van der Waals surface area contributed by atoms with Gasteiger partial charge in [-0.05, 0) is 36.8 Å². The Morgan fingerprint density at radius 1 is 1.11 bits per heavy atom. The number of rotatable bonds is 10. The molecule has 0 spiro atoms. The van der Waals surface area contributed by atoms with Crippen LogP contribution in [-0.4, -0.2) is 55.6 Å². The molecule has 0 saturated heterocycles. The number of nitrogens with one attached hydrogen (secondary N) is 1. The van der Waals surface area contributed by atoms with Gasteiger partial charge in [-0.1, -0.05) is 13.3 Å². The van der Waals surface area contributed by atoms with Gasteiger partial charge in [0, 0.05) is 26.0 Å². The van der Waals surface area contributed by atoms with Crippen LogP contribution in [-0.2, 0) is 0 Å². The fraction of sp³-hybridized carbons (Fsp3) is 0.381. The SMILES string of the molecule is CCCCN(C)C(=O)c1cncc(C(=O)NCCOc2ccc(OC)cc2)c1. The summed E-state index contributed by atoms with van der Waals surface area (Å²) in [6.45, 7) is 3.40. The van der Waals surface area contributed by atoms with Crippen LogP contribution in [0, 0.1) is 0 Å². The van der Waals surface area contributed by atoms with Gasteiger partial charge in [0.1, 0.15) is 18.1 Å². The van der Waals surface area contributed by atoms with E-state index < -0.39 is 0 Å². The number of benzene rings is 1. The molecule has 7 nitrogen and oxygen atoms in total. The first kappa shape index (κ1) is 21.2. The number of unbranched alkanes of at least 4 members (excludes halogenated alkanes) is 1. The van der Waals surface area contributed by atoms with E-state index in [4.69, 9.17) is 9.47 Å². The summed E-state index contributed by atoms with van der Waals surface area (Å²) < 4.78 is 10.7. The lowest BCUT2D eigenvalue weighted by molar-refractivity contribution is 0.0793. The summed E-state index contributed by atoms with van der Waals surface area (Å²) in [5.41, 5.74) is 0.750. The number of carbonyl (C=O) groups excluding carboxylic acids is 2. The maximum absolute atomic E-state index is 12.4. The van der Waals surface area contributed by atoms with E-state index >= 15 is 0 Å². The Kier molecular flexibility index (Phi) is 8.27. The van der Waals surface area contributed by atoms with E-state index in [0.29, 0.717) is 36.6 Å². The predicted molar refractivity (Wildman–Crippen MR) is 107 cm³/mol. The van der Waals surface area contributed by atoms with Gasteiger partial charge in [-0.25, -0.2) is 0 Å². The van der Waals surface area contributed by atoms with E-state index in [0.717, 1.165) is 18.6 Å². The lowest BCUT2D eigenvalue weighted by Crippen LogP contribution is -2.30. The third-order valence-corrected chi connectivity index (χ3v) is 4.16. The van der Waals surface area contributed by atoms with Crippen LogP contribution in [0.2, 0.25) is 0 Å². The Bertz CT molecular complexity index is 777. The Balaban J connectivity index is 1.84. The lowest BCUT2D eigenvalue weighted by Gasteiger charge is -2.16. The second-order valence-corrected chi connectivity index (χ2v) is 6.32. The molecule has 0 aliphatic carbocycles. The zero-order valence-electron chi connectivity index (χ0n) is 16.6. The van der Waals surface area contributed by atoms with Crippen molar-refractivity contribution in [1.29, 1.82) is 0 Å². The van der Waals surface area contributed by atoms with Gasteiger partial charge < -0.3 is 19.7 Å². The molecule has 1 aromatic carbocycles. The molecular weight excluding hydrogens is 358 g/mol. The molecule has 1 N–H and O–H groups in total. The van der Waals surface area contributed by atoms with Crippen LogP contribution in [0.3, 0.4) is 0 Å². The summed E-state index contributed by atoms with van der Waals surface area (Å²) in [6, 6.07) is 8.78. The molecule has 0 aliphatic rings. The standard InChI is InChI=1S/C21H27N3O4/c1-4-5-11-24(2)21(26)17-13-16(14-22-15-17)20(25)23-10-12-28-19-8-6-18(27-3)7-9-19/h6-9,13-15H,4-5,10-12H2,1-3H3,(H,23,25). The monoisotopic (exact) mass is 385 g/mol. The van der Waals surface area contributed by atoms with E-state index in [9.17, 15) is 9.59 Å². The minimum atomic E-state index is -0.295. The maximum Gasteiger partial charge on any atom is 0.255 e. The van der Waals surface area contributed by atoms with Crippen LogP contribution >= 0.6 is 0 Å². The Morgan fingerprint density at radius 3 is 2.46 bits per heavy atom. The summed E-state index contributed by atoms with van der Waals surface area (Å²) in [4.78, 5) is 30.4. The third kappa shape index (κ3) is 6.26. The number of pyridine rings is 1. The van der Waals surface area contributed by atoms with Crippen LogP contribution in [0.4, 0.5) is 0 Å². The molecule has 1 aromatic heterocycles. The normalized spacial score (nSPS) is 10.2. The van der Waals surface area contributed by atoms with Gasteiger partial charge in [-0.2, -0.15) is 0 Å². The van der Waals surface area contributed by atoms with Gasteiger partial charge in [-0.3, -0.25) is 14.6 Å². The van der Waals surface area contributed by atoms with E-state index in [1.54, 1.807) is 49.4 Å². The number of hydrogen-bond acceptors (Lipinski definition) is 5. The summed E-state index contributed by atoms with van der Waals surface area (Å²) in [6.07, 6.45) is 4.87. The average molecular weight is 385 g/mol. The topological polar surface area (TPSA) is 80.8 Å². The molecule has 0 atom stereocenters. The molecule has 0 bridgehead atoms.